The molecule has 1 amide bonds. The molecule has 0 heterocycles. The topological polar surface area (TPSA) is 32.3 Å². The number of halogens is 1. The number of carbonyl (C=O) groups is 1. The maximum atomic E-state index is 12.3. The van der Waals surface area contributed by atoms with E-state index in [2.05, 4.69) is 40.0 Å². The molecule has 2 rings (SSSR count). The molecule has 0 aliphatic carbocycles. The van der Waals surface area contributed by atoms with Crippen molar-refractivity contribution >= 4 is 33.2 Å². The van der Waals surface area contributed by atoms with Crippen LogP contribution in [0.5, 0.6) is 0 Å². The van der Waals surface area contributed by atoms with Gasteiger partial charge in [-0.05, 0) is 68.8 Å². The summed E-state index contributed by atoms with van der Waals surface area (Å²) < 4.78 is 1.04. The van der Waals surface area contributed by atoms with Crippen LogP contribution < -0.4 is 10.2 Å². The summed E-state index contributed by atoms with van der Waals surface area (Å²) in [5.41, 5.74) is 3.70. The Bertz CT molecular complexity index is 649. The van der Waals surface area contributed by atoms with Gasteiger partial charge in [-0.3, -0.25) is 4.79 Å². The zero-order valence-electron chi connectivity index (χ0n) is 13.2. The molecule has 1 N–H and O–H groups in total. The number of amides is 1. The minimum Gasteiger partial charge on any atom is -0.372 e. The first kappa shape index (κ1) is 16.6. The molecule has 0 aromatic heterocycles. The fourth-order valence-electron chi connectivity index (χ4n) is 2.34. The van der Waals surface area contributed by atoms with Crippen molar-refractivity contribution in [2.75, 3.05) is 23.3 Å². The molecular weight excluding hydrogens is 340 g/mol. The second kappa shape index (κ2) is 7.45. The molecule has 0 aliphatic rings. The summed E-state index contributed by atoms with van der Waals surface area (Å²) in [4.78, 5) is 14.5. The number of rotatable bonds is 5. The smallest absolute Gasteiger partial charge is 0.255 e. The van der Waals surface area contributed by atoms with Gasteiger partial charge in [0.05, 0.1) is 0 Å². The molecule has 0 unspecified atom stereocenters. The molecule has 4 heteroatoms. The van der Waals surface area contributed by atoms with Crippen molar-refractivity contribution in [2.45, 2.75) is 20.8 Å². The summed E-state index contributed by atoms with van der Waals surface area (Å²) in [6, 6.07) is 13.5. The van der Waals surface area contributed by atoms with Crippen LogP contribution >= 0.6 is 15.9 Å². The minimum absolute atomic E-state index is 0.0900. The number of nitrogens with zero attached hydrogens (tertiary/aromatic N) is 1. The van der Waals surface area contributed by atoms with Crippen LogP contribution in [0.25, 0.3) is 0 Å². The summed E-state index contributed by atoms with van der Waals surface area (Å²) in [5.74, 6) is -0.0900. The first-order chi connectivity index (χ1) is 10.5. The standard InChI is InChI=1S/C18H21BrN2O/c1-4-21(5-2)16-9-6-14(7-10-16)18(22)20-15-8-11-17(19)13(3)12-15/h6-12H,4-5H2,1-3H3,(H,20,22). The molecule has 0 aliphatic heterocycles. The normalized spacial score (nSPS) is 10.4. The van der Waals surface area contributed by atoms with Gasteiger partial charge in [0.15, 0.2) is 0 Å². The third-order valence-corrected chi connectivity index (χ3v) is 4.56. The summed E-state index contributed by atoms with van der Waals surface area (Å²) in [6.07, 6.45) is 0. The summed E-state index contributed by atoms with van der Waals surface area (Å²) >= 11 is 3.46. The number of anilines is 2. The highest BCUT2D eigenvalue weighted by molar-refractivity contribution is 9.10. The van der Waals surface area contributed by atoms with E-state index in [4.69, 9.17) is 0 Å². The van der Waals surface area contributed by atoms with Crippen molar-refractivity contribution in [3.8, 4) is 0 Å². The van der Waals surface area contributed by atoms with Gasteiger partial charge in [-0.15, -0.1) is 0 Å². The van der Waals surface area contributed by atoms with Gasteiger partial charge in [0.1, 0.15) is 0 Å². The highest BCUT2D eigenvalue weighted by Crippen LogP contribution is 2.21. The average Bonchev–Trinajstić information content (AvgIpc) is 2.53. The van der Waals surface area contributed by atoms with E-state index < -0.39 is 0 Å². The van der Waals surface area contributed by atoms with Gasteiger partial charge in [-0.1, -0.05) is 15.9 Å². The average molecular weight is 361 g/mol. The number of carbonyl (C=O) groups excluding carboxylic acids is 1. The first-order valence-electron chi connectivity index (χ1n) is 7.47. The molecule has 0 atom stereocenters. The van der Waals surface area contributed by atoms with Crippen molar-refractivity contribution in [3.05, 3.63) is 58.1 Å². The van der Waals surface area contributed by atoms with Crippen molar-refractivity contribution in [3.63, 3.8) is 0 Å². The van der Waals surface area contributed by atoms with Crippen LogP contribution in [0.3, 0.4) is 0 Å². The number of benzene rings is 2. The van der Waals surface area contributed by atoms with Crippen molar-refractivity contribution in [1.82, 2.24) is 0 Å². The Morgan fingerprint density at radius 3 is 2.27 bits per heavy atom. The molecule has 2 aromatic rings. The Kier molecular flexibility index (Phi) is 5.61. The molecule has 116 valence electrons. The van der Waals surface area contributed by atoms with Crippen molar-refractivity contribution in [1.29, 1.82) is 0 Å². The van der Waals surface area contributed by atoms with E-state index in [0.29, 0.717) is 5.56 Å². The Morgan fingerprint density at radius 1 is 1.09 bits per heavy atom. The fraction of sp³-hybridized carbons (Fsp3) is 0.278. The second-order valence-electron chi connectivity index (χ2n) is 5.14. The molecule has 0 spiro atoms. The Hall–Kier alpha value is -1.81. The molecule has 0 saturated carbocycles. The lowest BCUT2D eigenvalue weighted by Crippen LogP contribution is -2.21. The van der Waals surface area contributed by atoms with E-state index in [1.54, 1.807) is 0 Å². The maximum Gasteiger partial charge on any atom is 0.255 e. The monoisotopic (exact) mass is 360 g/mol. The zero-order chi connectivity index (χ0) is 16.1. The zero-order valence-corrected chi connectivity index (χ0v) is 14.8. The number of hydrogen-bond acceptors (Lipinski definition) is 2. The third kappa shape index (κ3) is 3.89. The molecule has 0 saturated heterocycles. The minimum atomic E-state index is -0.0900. The lowest BCUT2D eigenvalue weighted by Gasteiger charge is -2.21. The number of nitrogens with one attached hydrogen (secondary N) is 1. The van der Waals surface area contributed by atoms with E-state index in [-0.39, 0.29) is 5.91 Å². The predicted molar refractivity (Wildman–Crippen MR) is 96.8 cm³/mol. The van der Waals surface area contributed by atoms with Crippen LogP contribution in [0.4, 0.5) is 11.4 Å². The molecule has 0 radical (unpaired) electrons. The van der Waals surface area contributed by atoms with Gasteiger partial charge >= 0.3 is 0 Å². The van der Waals surface area contributed by atoms with E-state index >= 15 is 0 Å². The Balaban J connectivity index is 2.11. The second-order valence-corrected chi connectivity index (χ2v) is 5.99. The van der Waals surface area contributed by atoms with Gasteiger partial charge in [0.25, 0.3) is 5.91 Å². The van der Waals surface area contributed by atoms with E-state index in [0.717, 1.165) is 34.5 Å². The van der Waals surface area contributed by atoms with Crippen LogP contribution in [0.1, 0.15) is 29.8 Å². The highest BCUT2D eigenvalue weighted by atomic mass is 79.9. The van der Waals surface area contributed by atoms with Crippen LogP contribution in [0.15, 0.2) is 46.9 Å². The molecule has 3 nitrogen and oxygen atoms in total. The molecule has 0 fully saturated rings. The Labute approximate surface area is 140 Å². The van der Waals surface area contributed by atoms with Gasteiger partial charge in [-0.25, -0.2) is 0 Å². The van der Waals surface area contributed by atoms with Crippen LogP contribution in [0.2, 0.25) is 0 Å². The molecule has 22 heavy (non-hydrogen) atoms. The number of aryl methyl sites for hydroxylation is 1. The van der Waals surface area contributed by atoms with E-state index in [1.807, 2.05) is 49.4 Å². The SMILES string of the molecule is CCN(CC)c1ccc(C(=O)Nc2ccc(Br)c(C)c2)cc1. The summed E-state index contributed by atoms with van der Waals surface area (Å²) in [6.45, 7) is 8.17. The van der Waals surface area contributed by atoms with Crippen LogP contribution in [0, 0.1) is 6.92 Å². The lowest BCUT2D eigenvalue weighted by atomic mass is 10.1. The Morgan fingerprint density at radius 2 is 1.73 bits per heavy atom. The van der Waals surface area contributed by atoms with Gasteiger partial charge in [0, 0.05) is 34.5 Å². The highest BCUT2D eigenvalue weighted by Gasteiger charge is 2.08. The number of hydrogen-bond donors (Lipinski definition) is 1. The quantitative estimate of drug-likeness (QED) is 0.825. The van der Waals surface area contributed by atoms with Gasteiger partial charge in [-0.2, -0.15) is 0 Å². The van der Waals surface area contributed by atoms with Gasteiger partial charge in [0.2, 0.25) is 0 Å². The lowest BCUT2D eigenvalue weighted by molar-refractivity contribution is 0.102. The molecule has 0 bridgehead atoms. The van der Waals surface area contributed by atoms with E-state index in [9.17, 15) is 4.79 Å². The first-order valence-corrected chi connectivity index (χ1v) is 8.27. The molecule has 2 aromatic carbocycles. The third-order valence-electron chi connectivity index (χ3n) is 3.67. The molecular formula is C18H21BrN2O. The fourth-order valence-corrected chi connectivity index (χ4v) is 2.58. The van der Waals surface area contributed by atoms with Crippen molar-refractivity contribution in [2.24, 2.45) is 0 Å². The summed E-state index contributed by atoms with van der Waals surface area (Å²) in [5, 5.41) is 2.93. The maximum absolute atomic E-state index is 12.3. The largest absolute Gasteiger partial charge is 0.372 e. The van der Waals surface area contributed by atoms with Crippen molar-refractivity contribution < 1.29 is 4.79 Å². The van der Waals surface area contributed by atoms with Gasteiger partial charge < -0.3 is 10.2 Å². The van der Waals surface area contributed by atoms with E-state index in [1.165, 1.54) is 0 Å². The summed E-state index contributed by atoms with van der Waals surface area (Å²) in [7, 11) is 0. The van der Waals surface area contributed by atoms with Crippen LogP contribution in [-0.4, -0.2) is 19.0 Å². The van der Waals surface area contributed by atoms with Crippen LogP contribution in [-0.2, 0) is 0 Å². The predicted octanol–water partition coefficient (Wildman–Crippen LogP) is 4.86.